The minimum Gasteiger partial charge on any atom is -0.464 e. The highest BCUT2D eigenvalue weighted by atomic mass is 16.6. The topological polar surface area (TPSA) is 220 Å². The van der Waals surface area contributed by atoms with Crippen molar-refractivity contribution in [2.45, 2.75) is 97.1 Å². The van der Waals surface area contributed by atoms with E-state index in [9.17, 15) is 33.6 Å². The van der Waals surface area contributed by atoms with Gasteiger partial charge in [0.1, 0.15) is 30.2 Å². The molecule has 2 heterocycles. The fourth-order valence-corrected chi connectivity index (χ4v) is 4.93. The summed E-state index contributed by atoms with van der Waals surface area (Å²) in [5, 5.41) is 7.64. The second-order valence-corrected chi connectivity index (χ2v) is 12.1. The molecule has 0 saturated carbocycles. The first-order chi connectivity index (χ1) is 22.9. The highest BCUT2D eigenvalue weighted by Gasteiger charge is 2.54. The summed E-state index contributed by atoms with van der Waals surface area (Å²) in [7, 11) is 0. The van der Waals surface area contributed by atoms with Gasteiger partial charge in [-0.3, -0.25) is 28.5 Å². The Morgan fingerprint density at radius 3 is 2.08 bits per heavy atom. The third-order valence-corrected chi connectivity index (χ3v) is 6.72. The van der Waals surface area contributed by atoms with Crippen molar-refractivity contribution in [3.05, 3.63) is 58.6 Å². The Bertz CT molecular complexity index is 1590. The zero-order chi connectivity index (χ0) is 36.5. The van der Waals surface area contributed by atoms with E-state index in [0.717, 1.165) is 25.3 Å². The Balaban J connectivity index is 2.04. The van der Waals surface area contributed by atoms with Crippen molar-refractivity contribution in [2.24, 2.45) is 0 Å². The van der Waals surface area contributed by atoms with Gasteiger partial charge < -0.3 is 39.6 Å². The summed E-state index contributed by atoms with van der Waals surface area (Å²) in [6.45, 7) is 8.98. The quantitative estimate of drug-likeness (QED) is 0.211. The highest BCUT2D eigenvalue weighted by Crippen LogP contribution is 2.35. The van der Waals surface area contributed by atoms with Crippen LogP contribution in [0.3, 0.4) is 0 Å². The number of alkyl carbamates (subject to hydrolysis) is 1. The van der Waals surface area contributed by atoms with Crippen molar-refractivity contribution < 1.29 is 52.5 Å². The summed E-state index contributed by atoms with van der Waals surface area (Å²) < 4.78 is 28.7. The molecule has 266 valence electrons. The van der Waals surface area contributed by atoms with E-state index in [4.69, 9.17) is 23.7 Å². The van der Waals surface area contributed by atoms with Crippen molar-refractivity contribution in [3.63, 3.8) is 0 Å². The summed E-state index contributed by atoms with van der Waals surface area (Å²) in [6, 6.07) is 7.57. The van der Waals surface area contributed by atoms with Gasteiger partial charge in [0.25, 0.3) is 0 Å². The molecule has 0 spiro atoms. The molecule has 1 aromatic carbocycles. The average molecular weight is 688 g/mol. The van der Waals surface area contributed by atoms with Crippen LogP contribution < -0.4 is 21.6 Å². The van der Waals surface area contributed by atoms with Gasteiger partial charge in [0.15, 0.2) is 18.4 Å². The van der Waals surface area contributed by atoms with E-state index < -0.39 is 90.3 Å². The predicted molar refractivity (Wildman–Crippen MR) is 170 cm³/mol. The van der Waals surface area contributed by atoms with Crippen LogP contribution >= 0.6 is 0 Å². The molecule has 0 aliphatic carbocycles. The van der Waals surface area contributed by atoms with Gasteiger partial charge in [0, 0.05) is 40.3 Å². The van der Waals surface area contributed by atoms with Crippen LogP contribution in [-0.4, -0.2) is 88.0 Å². The lowest BCUT2D eigenvalue weighted by Gasteiger charge is -2.30. The Morgan fingerprint density at radius 2 is 1.53 bits per heavy atom. The van der Waals surface area contributed by atoms with Gasteiger partial charge in [-0.05, 0) is 32.4 Å². The van der Waals surface area contributed by atoms with Crippen LogP contribution in [0, 0.1) is 0 Å². The molecular formula is C32H41N5O12. The second-order valence-electron chi connectivity index (χ2n) is 12.1. The minimum absolute atomic E-state index is 0.0194. The van der Waals surface area contributed by atoms with Crippen LogP contribution in [0.25, 0.3) is 0 Å². The molecule has 6 atom stereocenters. The molecule has 1 aliphatic rings. The van der Waals surface area contributed by atoms with Crippen molar-refractivity contribution in [1.82, 2.24) is 20.2 Å². The molecular weight excluding hydrogens is 646 g/mol. The van der Waals surface area contributed by atoms with Gasteiger partial charge in [0.2, 0.25) is 11.8 Å². The number of rotatable bonds is 12. The number of nitrogens with one attached hydrogen (secondary N) is 3. The molecule has 1 aromatic heterocycles. The monoisotopic (exact) mass is 687 g/mol. The fourth-order valence-electron chi connectivity index (χ4n) is 4.93. The fraction of sp³-hybridized carbons (Fsp3) is 0.500. The van der Waals surface area contributed by atoms with Crippen LogP contribution in [0.5, 0.6) is 0 Å². The number of carbonyl (C=O) groups is 6. The van der Waals surface area contributed by atoms with E-state index in [-0.39, 0.29) is 12.2 Å². The van der Waals surface area contributed by atoms with Crippen molar-refractivity contribution in [1.29, 1.82) is 0 Å². The van der Waals surface area contributed by atoms with Crippen molar-refractivity contribution >= 4 is 41.6 Å². The molecule has 1 aliphatic heterocycles. The molecule has 1 saturated heterocycles. The summed E-state index contributed by atoms with van der Waals surface area (Å²) in [5.41, 5.74) is -1.12. The molecule has 17 heteroatoms. The average Bonchev–Trinajstić information content (AvgIpc) is 3.29. The first kappa shape index (κ1) is 38.1. The lowest BCUT2D eigenvalue weighted by atomic mass is 10.0. The summed E-state index contributed by atoms with van der Waals surface area (Å²) in [5.74, 6) is -3.68. The minimum atomic E-state index is -1.47. The maximum atomic E-state index is 13.9. The van der Waals surface area contributed by atoms with Gasteiger partial charge in [-0.1, -0.05) is 30.3 Å². The Labute approximate surface area is 282 Å². The number of hydrogen-bond donors (Lipinski definition) is 3. The number of ether oxygens (including phenoxy) is 5. The Hall–Kier alpha value is -5.32. The zero-order valence-corrected chi connectivity index (χ0v) is 28.2. The predicted octanol–water partition coefficient (Wildman–Crippen LogP) is 1.15. The third-order valence-electron chi connectivity index (χ3n) is 6.72. The lowest BCUT2D eigenvalue weighted by Crippen LogP contribution is -2.57. The number of anilines is 1. The second kappa shape index (κ2) is 16.7. The molecule has 0 radical (unpaired) electrons. The van der Waals surface area contributed by atoms with Crippen LogP contribution in [0.15, 0.2) is 47.4 Å². The number of nitrogens with zero attached hydrogens (tertiary/aromatic N) is 2. The maximum absolute atomic E-state index is 13.9. The van der Waals surface area contributed by atoms with Crippen LogP contribution in [-0.2, 0) is 54.1 Å². The van der Waals surface area contributed by atoms with Crippen LogP contribution in [0.2, 0.25) is 0 Å². The number of carbonyl (C=O) groups excluding carboxylic acids is 6. The van der Waals surface area contributed by atoms with Gasteiger partial charge in [-0.25, -0.2) is 9.59 Å². The SMILES string of the molecule is CC(=O)Nc1ccn([C@@H]2O[C@H]([C@@H](COC(C)=O)NC(=O)[C@@H](Cc3ccccc3)NC(=O)OC(C)(C)C)[C@@H](OC(C)=O)[C@H]2OC(C)=O)c(=O)n1. The van der Waals surface area contributed by atoms with Gasteiger partial charge in [-0.2, -0.15) is 4.98 Å². The smallest absolute Gasteiger partial charge is 0.408 e. The summed E-state index contributed by atoms with van der Waals surface area (Å²) in [6.07, 6.45) is -5.43. The molecule has 49 heavy (non-hydrogen) atoms. The summed E-state index contributed by atoms with van der Waals surface area (Å²) >= 11 is 0. The molecule has 3 rings (SSSR count). The lowest BCUT2D eigenvalue weighted by molar-refractivity contribution is -0.166. The molecule has 3 N–H and O–H groups in total. The van der Waals surface area contributed by atoms with E-state index in [1.165, 1.54) is 19.2 Å². The van der Waals surface area contributed by atoms with Gasteiger partial charge in [0.05, 0.1) is 6.04 Å². The summed E-state index contributed by atoms with van der Waals surface area (Å²) in [4.78, 5) is 91.5. The maximum Gasteiger partial charge on any atom is 0.408 e. The number of benzene rings is 1. The largest absolute Gasteiger partial charge is 0.464 e. The molecule has 3 amide bonds. The highest BCUT2D eigenvalue weighted by molar-refractivity contribution is 5.87. The van der Waals surface area contributed by atoms with Crippen molar-refractivity contribution in [3.8, 4) is 0 Å². The number of esters is 3. The van der Waals surface area contributed by atoms with Gasteiger partial charge in [-0.15, -0.1) is 0 Å². The van der Waals surface area contributed by atoms with Gasteiger partial charge >= 0.3 is 29.7 Å². The zero-order valence-electron chi connectivity index (χ0n) is 28.2. The molecule has 1 fully saturated rings. The number of hydrogen-bond acceptors (Lipinski definition) is 13. The normalized spacial score (nSPS) is 19.8. The van der Waals surface area contributed by atoms with E-state index >= 15 is 0 Å². The third kappa shape index (κ3) is 11.7. The molecule has 0 unspecified atom stereocenters. The Morgan fingerprint density at radius 1 is 0.898 bits per heavy atom. The molecule has 17 nitrogen and oxygen atoms in total. The van der Waals surface area contributed by atoms with E-state index in [1.807, 2.05) is 0 Å². The van der Waals surface area contributed by atoms with Crippen LogP contribution in [0.1, 0.15) is 60.3 Å². The van der Waals surface area contributed by atoms with E-state index in [0.29, 0.717) is 5.56 Å². The van der Waals surface area contributed by atoms with Crippen molar-refractivity contribution in [2.75, 3.05) is 11.9 Å². The number of amides is 3. The van der Waals surface area contributed by atoms with E-state index in [2.05, 4.69) is 20.9 Å². The number of aromatic nitrogens is 2. The first-order valence-electron chi connectivity index (χ1n) is 15.3. The standard InChI is InChI=1S/C32H41N5O12/c1-17(38)33-24-13-14-37(30(43)36-24)29-27(47-20(4)41)26(46-19(3)40)25(48-29)23(16-45-18(2)39)34-28(42)22(15-21-11-9-8-10-12-21)35-31(44)49-32(5,6)7/h8-14,22-23,25-27,29H,15-16H2,1-7H3,(H,34,42)(H,35,44)(H,33,36,38,43)/t22-,23-,25-,26-,27-,29-/m1/s1. The molecule has 0 bridgehead atoms. The first-order valence-corrected chi connectivity index (χ1v) is 15.3. The molecule has 2 aromatic rings. The Kier molecular flexibility index (Phi) is 13.0. The van der Waals surface area contributed by atoms with E-state index in [1.54, 1.807) is 51.1 Å². The van der Waals surface area contributed by atoms with Crippen LogP contribution in [0.4, 0.5) is 10.6 Å².